The Balaban J connectivity index is 2.50. The van der Waals surface area contributed by atoms with Gasteiger partial charge in [-0.05, 0) is 18.7 Å². The molecule has 0 atom stereocenters. The fourth-order valence-corrected chi connectivity index (χ4v) is 1.88. The zero-order valence-electron chi connectivity index (χ0n) is 11.7. The Morgan fingerprint density at radius 2 is 2.00 bits per heavy atom. The van der Waals surface area contributed by atoms with Crippen molar-refractivity contribution < 1.29 is 4.74 Å². The van der Waals surface area contributed by atoms with Crippen LogP contribution in [0.25, 0.3) is 0 Å². The highest BCUT2D eigenvalue weighted by Gasteiger charge is 2.05. The van der Waals surface area contributed by atoms with Crippen molar-refractivity contribution in [3.63, 3.8) is 0 Å². The molecule has 0 unspecified atom stereocenters. The van der Waals surface area contributed by atoms with Gasteiger partial charge in [-0.2, -0.15) is 0 Å². The highest BCUT2D eigenvalue weighted by atomic mass is 16.5. The van der Waals surface area contributed by atoms with E-state index in [1.165, 1.54) is 5.69 Å². The van der Waals surface area contributed by atoms with Crippen molar-refractivity contribution in [2.45, 2.75) is 6.92 Å². The first-order chi connectivity index (χ1) is 8.71. The molecule has 4 nitrogen and oxygen atoms in total. The number of likely N-dealkylation sites (N-methyl/N-ethyl adjacent to an activating group) is 2. The molecule has 0 amide bonds. The number of benzene rings is 1. The van der Waals surface area contributed by atoms with Gasteiger partial charge >= 0.3 is 0 Å². The van der Waals surface area contributed by atoms with Crippen LogP contribution in [0, 0.1) is 0 Å². The molecule has 1 rings (SSSR count). The van der Waals surface area contributed by atoms with Crippen LogP contribution in [0.2, 0.25) is 0 Å². The third-order valence-corrected chi connectivity index (χ3v) is 3.14. The van der Waals surface area contributed by atoms with E-state index in [4.69, 9.17) is 10.5 Å². The zero-order chi connectivity index (χ0) is 13.4. The average molecular weight is 251 g/mol. The molecule has 0 saturated carbocycles. The van der Waals surface area contributed by atoms with Gasteiger partial charge in [0.2, 0.25) is 0 Å². The highest BCUT2D eigenvalue weighted by Crippen LogP contribution is 2.19. The van der Waals surface area contributed by atoms with Crippen LogP contribution in [0.1, 0.15) is 6.92 Å². The standard InChI is InChI=1S/C14H25N3O/c1-4-17(9-8-15)11-10-16(2)13-6-5-7-14(12-13)18-3/h5-7,12H,4,8-11,15H2,1-3H3. The number of ether oxygens (including phenoxy) is 1. The van der Waals surface area contributed by atoms with Crippen molar-refractivity contribution in [2.24, 2.45) is 5.73 Å². The van der Waals surface area contributed by atoms with Gasteiger partial charge in [0.15, 0.2) is 0 Å². The minimum atomic E-state index is 0.719. The Kier molecular flexibility index (Phi) is 6.54. The maximum Gasteiger partial charge on any atom is 0.120 e. The summed E-state index contributed by atoms with van der Waals surface area (Å²) < 4.78 is 5.24. The van der Waals surface area contributed by atoms with E-state index in [2.05, 4.69) is 35.9 Å². The average Bonchev–Trinajstić information content (AvgIpc) is 2.43. The number of methoxy groups -OCH3 is 1. The van der Waals surface area contributed by atoms with Crippen LogP contribution in [-0.2, 0) is 0 Å². The molecular formula is C14H25N3O. The predicted molar refractivity (Wildman–Crippen MR) is 77.4 cm³/mol. The quantitative estimate of drug-likeness (QED) is 0.758. The number of anilines is 1. The van der Waals surface area contributed by atoms with Crippen molar-refractivity contribution in [3.8, 4) is 5.75 Å². The topological polar surface area (TPSA) is 41.7 Å². The van der Waals surface area contributed by atoms with Crippen LogP contribution in [0.5, 0.6) is 5.75 Å². The van der Waals surface area contributed by atoms with E-state index < -0.39 is 0 Å². The molecule has 2 N–H and O–H groups in total. The second-order valence-electron chi connectivity index (χ2n) is 4.35. The normalized spacial score (nSPS) is 10.7. The maximum absolute atomic E-state index is 5.59. The summed E-state index contributed by atoms with van der Waals surface area (Å²) in [7, 11) is 3.80. The van der Waals surface area contributed by atoms with Crippen molar-refractivity contribution in [2.75, 3.05) is 51.8 Å². The Hall–Kier alpha value is -1.26. The predicted octanol–water partition coefficient (Wildman–Crippen LogP) is 1.41. The smallest absolute Gasteiger partial charge is 0.120 e. The van der Waals surface area contributed by atoms with Gasteiger partial charge < -0.3 is 20.3 Å². The third kappa shape index (κ3) is 4.55. The fraction of sp³-hybridized carbons (Fsp3) is 0.571. The largest absolute Gasteiger partial charge is 0.497 e. The van der Waals surface area contributed by atoms with Crippen LogP contribution in [0.3, 0.4) is 0 Å². The molecular weight excluding hydrogens is 226 g/mol. The maximum atomic E-state index is 5.59. The number of rotatable bonds is 8. The second-order valence-corrected chi connectivity index (χ2v) is 4.35. The van der Waals surface area contributed by atoms with Crippen molar-refractivity contribution in [1.29, 1.82) is 0 Å². The van der Waals surface area contributed by atoms with E-state index in [0.29, 0.717) is 0 Å². The van der Waals surface area contributed by atoms with E-state index in [1.807, 2.05) is 12.1 Å². The molecule has 0 aromatic heterocycles. The minimum Gasteiger partial charge on any atom is -0.497 e. The first-order valence-corrected chi connectivity index (χ1v) is 6.48. The molecule has 1 aromatic carbocycles. The lowest BCUT2D eigenvalue weighted by Crippen LogP contribution is -2.36. The summed E-state index contributed by atoms with van der Waals surface area (Å²) in [5, 5.41) is 0. The first kappa shape index (κ1) is 14.8. The number of nitrogens with two attached hydrogens (primary N) is 1. The first-order valence-electron chi connectivity index (χ1n) is 6.48. The molecule has 0 spiro atoms. The molecule has 4 heteroatoms. The van der Waals surface area contributed by atoms with Gasteiger partial charge in [-0.1, -0.05) is 13.0 Å². The Bertz CT molecular complexity index is 344. The molecule has 0 bridgehead atoms. The number of hydrogen-bond acceptors (Lipinski definition) is 4. The Labute approximate surface area is 110 Å². The highest BCUT2D eigenvalue weighted by molar-refractivity contribution is 5.50. The van der Waals surface area contributed by atoms with Gasteiger partial charge in [-0.15, -0.1) is 0 Å². The van der Waals surface area contributed by atoms with E-state index >= 15 is 0 Å². The molecule has 18 heavy (non-hydrogen) atoms. The van der Waals surface area contributed by atoms with Crippen LogP contribution in [-0.4, -0.2) is 51.8 Å². The Morgan fingerprint density at radius 3 is 2.61 bits per heavy atom. The van der Waals surface area contributed by atoms with Gasteiger partial charge in [-0.3, -0.25) is 0 Å². The number of nitrogens with zero attached hydrogens (tertiary/aromatic N) is 2. The van der Waals surface area contributed by atoms with Crippen LogP contribution in [0.15, 0.2) is 24.3 Å². The van der Waals surface area contributed by atoms with E-state index in [9.17, 15) is 0 Å². The summed E-state index contributed by atoms with van der Waals surface area (Å²) in [4.78, 5) is 4.60. The molecule has 0 fully saturated rings. The van der Waals surface area contributed by atoms with Gasteiger partial charge in [0.05, 0.1) is 7.11 Å². The second kappa shape index (κ2) is 7.95. The third-order valence-electron chi connectivity index (χ3n) is 3.14. The lowest BCUT2D eigenvalue weighted by Gasteiger charge is -2.25. The summed E-state index contributed by atoms with van der Waals surface area (Å²) in [6.07, 6.45) is 0. The minimum absolute atomic E-state index is 0.719. The van der Waals surface area contributed by atoms with Gasteiger partial charge in [0.1, 0.15) is 5.75 Å². The van der Waals surface area contributed by atoms with Crippen molar-refractivity contribution >= 4 is 5.69 Å². The van der Waals surface area contributed by atoms with E-state index in [1.54, 1.807) is 7.11 Å². The van der Waals surface area contributed by atoms with Gasteiger partial charge in [0.25, 0.3) is 0 Å². The number of hydrogen-bond donors (Lipinski definition) is 1. The van der Waals surface area contributed by atoms with Crippen LogP contribution in [0.4, 0.5) is 5.69 Å². The van der Waals surface area contributed by atoms with E-state index in [0.717, 1.165) is 38.5 Å². The summed E-state index contributed by atoms with van der Waals surface area (Å²) in [5.74, 6) is 0.897. The fourth-order valence-electron chi connectivity index (χ4n) is 1.88. The molecule has 0 saturated heterocycles. The SMILES string of the molecule is CCN(CCN)CCN(C)c1cccc(OC)c1. The lowest BCUT2D eigenvalue weighted by molar-refractivity contribution is 0.303. The van der Waals surface area contributed by atoms with Crippen molar-refractivity contribution in [3.05, 3.63) is 24.3 Å². The molecule has 0 aliphatic rings. The monoisotopic (exact) mass is 251 g/mol. The molecule has 0 aliphatic heterocycles. The van der Waals surface area contributed by atoms with Crippen LogP contribution < -0.4 is 15.4 Å². The molecule has 0 radical (unpaired) electrons. The van der Waals surface area contributed by atoms with Gasteiger partial charge in [-0.25, -0.2) is 0 Å². The summed E-state index contributed by atoms with van der Waals surface area (Å²) >= 11 is 0. The molecule has 102 valence electrons. The van der Waals surface area contributed by atoms with Gasteiger partial charge in [0, 0.05) is 45.0 Å². The summed E-state index contributed by atoms with van der Waals surface area (Å²) in [5.41, 5.74) is 6.77. The Morgan fingerprint density at radius 1 is 1.22 bits per heavy atom. The molecule has 1 aromatic rings. The summed E-state index contributed by atoms with van der Waals surface area (Å²) in [6.45, 7) is 6.91. The molecule has 0 heterocycles. The lowest BCUT2D eigenvalue weighted by atomic mass is 10.2. The van der Waals surface area contributed by atoms with Crippen molar-refractivity contribution in [1.82, 2.24) is 4.90 Å². The zero-order valence-corrected chi connectivity index (χ0v) is 11.7. The molecule has 0 aliphatic carbocycles. The summed E-state index contributed by atoms with van der Waals surface area (Å²) in [6, 6.07) is 8.13. The van der Waals surface area contributed by atoms with E-state index in [-0.39, 0.29) is 0 Å². The van der Waals surface area contributed by atoms with Crippen LogP contribution >= 0.6 is 0 Å².